The summed E-state index contributed by atoms with van der Waals surface area (Å²) in [7, 11) is 0. The SMILES string of the molecule is CC/C=C\C/C=C\C/C=C\C/C=C\C/C=C\C/C=C\CCCCCCCCC(=O)NC(COC1OC(CO)C(O)C(O)C1O)C(O)CCCCCCCCCCC. The molecule has 9 nitrogen and oxygen atoms in total. The van der Waals surface area contributed by atoms with E-state index in [0.29, 0.717) is 12.8 Å². The molecule has 1 aliphatic heterocycles. The summed E-state index contributed by atoms with van der Waals surface area (Å²) in [6.45, 7) is 3.66. The first-order valence-corrected chi connectivity index (χ1v) is 22.6. The minimum Gasteiger partial charge on any atom is -0.394 e. The number of nitrogens with one attached hydrogen (secondary N) is 1. The third-order valence-electron chi connectivity index (χ3n) is 10.3. The van der Waals surface area contributed by atoms with Gasteiger partial charge < -0.3 is 40.3 Å². The molecule has 9 heteroatoms. The van der Waals surface area contributed by atoms with Crippen LogP contribution in [0.4, 0.5) is 0 Å². The van der Waals surface area contributed by atoms with Crippen LogP contribution < -0.4 is 5.32 Å². The van der Waals surface area contributed by atoms with Gasteiger partial charge in [-0.15, -0.1) is 0 Å². The smallest absolute Gasteiger partial charge is 0.220 e. The molecule has 1 heterocycles. The Morgan fingerprint density at radius 2 is 1.09 bits per heavy atom. The summed E-state index contributed by atoms with van der Waals surface area (Å²) in [5.41, 5.74) is 0. The van der Waals surface area contributed by atoms with Crippen molar-refractivity contribution in [1.82, 2.24) is 5.32 Å². The number of allylic oxidation sites excluding steroid dienone is 12. The van der Waals surface area contributed by atoms with Gasteiger partial charge in [-0.1, -0.05) is 170 Å². The molecule has 0 radical (unpaired) electrons. The summed E-state index contributed by atoms with van der Waals surface area (Å²) in [6, 6.07) is -0.729. The molecular weight excluding hydrogens is 719 g/mol. The highest BCUT2D eigenvalue weighted by atomic mass is 16.7. The second kappa shape index (κ2) is 37.9. The molecule has 6 N–H and O–H groups in total. The number of carbonyl (C=O) groups excluding carboxylic acids is 1. The molecule has 1 aliphatic rings. The van der Waals surface area contributed by atoms with Crippen molar-refractivity contribution >= 4 is 5.91 Å². The first kappa shape index (κ1) is 52.6. The van der Waals surface area contributed by atoms with Gasteiger partial charge in [0.05, 0.1) is 25.4 Å². The van der Waals surface area contributed by atoms with Crippen LogP contribution in [0.5, 0.6) is 0 Å². The van der Waals surface area contributed by atoms with Gasteiger partial charge in [-0.3, -0.25) is 4.79 Å². The van der Waals surface area contributed by atoms with E-state index in [-0.39, 0.29) is 12.5 Å². The van der Waals surface area contributed by atoms with E-state index < -0.39 is 49.5 Å². The molecule has 0 aromatic rings. The lowest BCUT2D eigenvalue weighted by atomic mass is 9.99. The summed E-state index contributed by atoms with van der Waals surface area (Å²) in [5, 5.41) is 54.1. The molecule has 328 valence electrons. The van der Waals surface area contributed by atoms with E-state index in [1.807, 2.05) is 0 Å². The molecule has 57 heavy (non-hydrogen) atoms. The zero-order chi connectivity index (χ0) is 41.6. The van der Waals surface area contributed by atoms with Crippen LogP contribution in [-0.4, -0.2) is 87.5 Å². The summed E-state index contributed by atoms with van der Waals surface area (Å²) >= 11 is 0. The van der Waals surface area contributed by atoms with Crippen LogP contribution in [0.15, 0.2) is 72.9 Å². The fraction of sp³-hybridized carbons (Fsp3) is 0.729. The molecule has 0 aliphatic carbocycles. The largest absolute Gasteiger partial charge is 0.394 e. The first-order valence-electron chi connectivity index (χ1n) is 22.6. The highest BCUT2D eigenvalue weighted by molar-refractivity contribution is 5.76. The molecule has 0 aromatic heterocycles. The fourth-order valence-corrected chi connectivity index (χ4v) is 6.69. The van der Waals surface area contributed by atoms with Crippen molar-refractivity contribution in [3.63, 3.8) is 0 Å². The lowest BCUT2D eigenvalue weighted by molar-refractivity contribution is -0.302. The quantitative estimate of drug-likeness (QED) is 0.0271. The van der Waals surface area contributed by atoms with Gasteiger partial charge in [-0.05, 0) is 64.2 Å². The van der Waals surface area contributed by atoms with Crippen LogP contribution in [-0.2, 0) is 14.3 Å². The summed E-state index contributed by atoms with van der Waals surface area (Å²) < 4.78 is 11.2. The predicted octanol–water partition coefficient (Wildman–Crippen LogP) is 9.39. The topological polar surface area (TPSA) is 149 Å². The van der Waals surface area contributed by atoms with Crippen molar-refractivity contribution in [1.29, 1.82) is 0 Å². The molecular formula is C48H83NO8. The Morgan fingerprint density at radius 1 is 0.614 bits per heavy atom. The van der Waals surface area contributed by atoms with Crippen molar-refractivity contribution < 1.29 is 39.8 Å². The number of hydrogen-bond acceptors (Lipinski definition) is 8. The molecule has 0 bridgehead atoms. The van der Waals surface area contributed by atoms with Crippen molar-refractivity contribution in [2.75, 3.05) is 13.2 Å². The van der Waals surface area contributed by atoms with E-state index in [9.17, 15) is 30.3 Å². The maximum absolute atomic E-state index is 12.9. The lowest BCUT2D eigenvalue weighted by Gasteiger charge is -2.40. The van der Waals surface area contributed by atoms with E-state index in [4.69, 9.17) is 9.47 Å². The number of amides is 1. The Hall–Kier alpha value is -2.37. The second-order valence-electron chi connectivity index (χ2n) is 15.5. The molecule has 1 saturated heterocycles. The highest BCUT2D eigenvalue weighted by Gasteiger charge is 2.44. The molecule has 7 atom stereocenters. The van der Waals surface area contributed by atoms with Crippen LogP contribution in [0.3, 0.4) is 0 Å². The molecule has 1 amide bonds. The van der Waals surface area contributed by atoms with Crippen LogP contribution in [0.2, 0.25) is 0 Å². The predicted molar refractivity (Wildman–Crippen MR) is 235 cm³/mol. The normalized spacial score (nSPS) is 21.7. The van der Waals surface area contributed by atoms with Crippen LogP contribution in [0.25, 0.3) is 0 Å². The lowest BCUT2D eigenvalue weighted by Crippen LogP contribution is -2.60. The van der Waals surface area contributed by atoms with Crippen molar-refractivity contribution in [3.8, 4) is 0 Å². The fourth-order valence-electron chi connectivity index (χ4n) is 6.69. The Bertz CT molecular complexity index is 1120. The van der Waals surface area contributed by atoms with Crippen molar-refractivity contribution in [2.45, 2.75) is 211 Å². The molecule has 0 spiro atoms. The number of aliphatic hydroxyl groups is 5. The van der Waals surface area contributed by atoms with Gasteiger partial charge in [0.25, 0.3) is 0 Å². The summed E-state index contributed by atoms with van der Waals surface area (Å²) in [6.07, 6.45) is 43.4. The summed E-state index contributed by atoms with van der Waals surface area (Å²) in [4.78, 5) is 12.9. The standard InChI is InChI=1S/C48H83NO8/c1-3-5-7-9-11-13-14-15-16-17-18-19-20-21-22-23-24-25-26-27-28-30-32-34-36-38-44(52)49-41(42(51)37-35-33-31-29-12-10-8-6-4-2)40-56-48-47(55)46(54)45(53)43(39-50)57-48/h5,7,11,13,15-16,18-19,21-22,24-25,41-43,45-48,50-51,53-55H,3-4,6,8-10,12,14,17,20,23,26-40H2,1-2H3,(H,49,52)/b7-5-,13-11-,16-15-,19-18-,22-21-,25-24-. The maximum atomic E-state index is 12.9. The molecule has 0 saturated carbocycles. The Kier molecular flexibility index (Phi) is 35.0. The number of hydrogen-bond donors (Lipinski definition) is 6. The van der Waals surface area contributed by atoms with Gasteiger partial charge >= 0.3 is 0 Å². The number of unbranched alkanes of at least 4 members (excludes halogenated alkanes) is 14. The average Bonchev–Trinajstić information content (AvgIpc) is 3.21. The van der Waals surface area contributed by atoms with Gasteiger partial charge in [-0.25, -0.2) is 0 Å². The van der Waals surface area contributed by atoms with Crippen molar-refractivity contribution in [2.24, 2.45) is 0 Å². The number of aliphatic hydroxyl groups excluding tert-OH is 5. The Morgan fingerprint density at radius 3 is 1.61 bits per heavy atom. The van der Waals surface area contributed by atoms with Gasteiger partial charge in [0.15, 0.2) is 6.29 Å². The monoisotopic (exact) mass is 802 g/mol. The zero-order valence-electron chi connectivity index (χ0n) is 35.8. The molecule has 1 fully saturated rings. The van der Waals surface area contributed by atoms with E-state index >= 15 is 0 Å². The number of carbonyl (C=O) groups is 1. The minimum atomic E-state index is -1.56. The van der Waals surface area contributed by atoms with Gasteiger partial charge in [0.2, 0.25) is 5.91 Å². The first-order chi connectivity index (χ1) is 27.8. The minimum absolute atomic E-state index is 0.149. The summed E-state index contributed by atoms with van der Waals surface area (Å²) in [5.74, 6) is -0.166. The maximum Gasteiger partial charge on any atom is 0.220 e. The van der Waals surface area contributed by atoms with Gasteiger partial charge in [-0.2, -0.15) is 0 Å². The number of ether oxygens (including phenoxy) is 2. The zero-order valence-corrected chi connectivity index (χ0v) is 35.8. The van der Waals surface area contributed by atoms with Gasteiger partial charge in [0, 0.05) is 6.42 Å². The van der Waals surface area contributed by atoms with Crippen LogP contribution in [0, 0.1) is 0 Å². The third kappa shape index (κ3) is 28.7. The molecule has 7 unspecified atom stereocenters. The average molecular weight is 802 g/mol. The molecule has 1 rings (SSSR count). The Labute approximate surface area is 347 Å². The van der Waals surface area contributed by atoms with E-state index in [1.165, 1.54) is 44.9 Å². The van der Waals surface area contributed by atoms with Crippen LogP contribution >= 0.6 is 0 Å². The molecule has 0 aromatic carbocycles. The Balaban J connectivity index is 2.27. The second-order valence-corrected chi connectivity index (χ2v) is 15.5. The van der Waals surface area contributed by atoms with Crippen LogP contribution in [0.1, 0.15) is 168 Å². The van der Waals surface area contributed by atoms with Gasteiger partial charge in [0.1, 0.15) is 24.4 Å². The van der Waals surface area contributed by atoms with Crippen molar-refractivity contribution in [3.05, 3.63) is 72.9 Å². The number of rotatable bonds is 36. The third-order valence-corrected chi connectivity index (χ3v) is 10.3. The van der Waals surface area contributed by atoms with E-state index in [1.54, 1.807) is 0 Å². The van der Waals surface area contributed by atoms with E-state index in [2.05, 4.69) is 92.1 Å². The highest BCUT2D eigenvalue weighted by Crippen LogP contribution is 2.23. The van der Waals surface area contributed by atoms with E-state index in [0.717, 1.165) is 96.3 Å².